The number of rotatable bonds is 0. The Kier molecular flexibility index (Phi) is 11.9. The summed E-state index contributed by atoms with van der Waals surface area (Å²) >= 11 is 0. The van der Waals surface area contributed by atoms with Crippen LogP contribution in [0.25, 0.3) is 10.6 Å². The zero-order chi connectivity index (χ0) is 13.7. The Labute approximate surface area is 129 Å². The largest absolute Gasteiger partial charge is 1.00 e. The van der Waals surface area contributed by atoms with Crippen molar-refractivity contribution in [1.82, 2.24) is 10.6 Å². The molecule has 0 aliphatic carbocycles. The molecule has 0 spiro atoms. The second-order valence-electron chi connectivity index (χ2n) is 3.25. The zero-order valence-electron chi connectivity index (χ0n) is 10.4. The first-order valence-electron chi connectivity index (χ1n) is 4.68. The number of nitrogens with one attached hydrogen (secondary N) is 2. The van der Waals surface area contributed by atoms with Crippen LogP contribution in [-0.2, 0) is 31.5 Å². The van der Waals surface area contributed by atoms with Gasteiger partial charge in [0.2, 0.25) is 0 Å². The molecular formula is C9H12CuN4O7-. The van der Waals surface area contributed by atoms with Crippen LogP contribution in [0.15, 0.2) is 12.3 Å². The fourth-order valence-electron chi connectivity index (χ4n) is 1.04. The molecule has 0 bridgehead atoms. The fourth-order valence-corrected chi connectivity index (χ4v) is 1.04. The van der Waals surface area contributed by atoms with Gasteiger partial charge in [0, 0.05) is 6.42 Å². The summed E-state index contributed by atoms with van der Waals surface area (Å²) in [7, 11) is 0. The fraction of sp³-hybridized carbons (Fsp3) is 0.222. The van der Waals surface area contributed by atoms with Gasteiger partial charge in [-0.15, -0.1) is 0 Å². The van der Waals surface area contributed by atoms with Gasteiger partial charge in [-0.25, -0.2) is 0 Å². The van der Waals surface area contributed by atoms with Crippen molar-refractivity contribution < 1.29 is 52.0 Å². The normalized spacial score (nSPS) is 16.2. The SMILES string of the molecule is C=C1CC(=O)[N-]C(=O)N1.O.O.O=C1CC(=O)NC(=O)[N-]1.[Cu+]. The van der Waals surface area contributed by atoms with E-state index in [1.807, 2.05) is 5.32 Å². The molecule has 2 fully saturated rings. The Morgan fingerprint density at radius 2 is 1.24 bits per heavy atom. The van der Waals surface area contributed by atoms with E-state index in [9.17, 15) is 24.0 Å². The van der Waals surface area contributed by atoms with Crippen LogP contribution >= 0.6 is 0 Å². The van der Waals surface area contributed by atoms with Gasteiger partial charge in [-0.2, -0.15) is 0 Å². The van der Waals surface area contributed by atoms with Crippen LogP contribution in [0, 0.1) is 0 Å². The number of hydrogen-bond acceptors (Lipinski definition) is 5. The third-order valence-electron chi connectivity index (χ3n) is 1.66. The van der Waals surface area contributed by atoms with E-state index in [2.05, 4.69) is 22.5 Å². The second-order valence-corrected chi connectivity index (χ2v) is 3.25. The van der Waals surface area contributed by atoms with Gasteiger partial charge in [0.25, 0.3) is 0 Å². The van der Waals surface area contributed by atoms with Crippen molar-refractivity contribution in [2.75, 3.05) is 0 Å². The Morgan fingerprint density at radius 3 is 1.57 bits per heavy atom. The summed E-state index contributed by atoms with van der Waals surface area (Å²) in [5, 5.41) is 10.1. The van der Waals surface area contributed by atoms with E-state index in [-0.39, 0.29) is 40.9 Å². The maximum absolute atomic E-state index is 10.4. The molecular weight excluding hydrogens is 340 g/mol. The average Bonchev–Trinajstić information content (AvgIpc) is 2.12. The monoisotopic (exact) mass is 351 g/mol. The van der Waals surface area contributed by atoms with Crippen molar-refractivity contribution in [2.45, 2.75) is 12.8 Å². The molecule has 0 atom stereocenters. The van der Waals surface area contributed by atoms with Gasteiger partial charge < -0.3 is 32.2 Å². The molecule has 122 valence electrons. The Balaban J connectivity index is -0.000000270. The summed E-state index contributed by atoms with van der Waals surface area (Å²) in [5.41, 5.74) is 0.417. The van der Waals surface area contributed by atoms with Crippen LogP contribution in [0.4, 0.5) is 9.59 Å². The van der Waals surface area contributed by atoms with Crippen LogP contribution in [0.2, 0.25) is 0 Å². The first-order chi connectivity index (χ1) is 8.36. The Morgan fingerprint density at radius 1 is 0.810 bits per heavy atom. The van der Waals surface area contributed by atoms with Crippen molar-refractivity contribution in [2.24, 2.45) is 0 Å². The minimum atomic E-state index is -0.865. The number of barbiturate groups is 1. The summed E-state index contributed by atoms with van der Waals surface area (Å²) in [6.07, 6.45) is -0.183. The van der Waals surface area contributed by atoms with Gasteiger partial charge in [-0.05, 0) is 0 Å². The predicted molar refractivity (Wildman–Crippen MR) is 64.4 cm³/mol. The average molecular weight is 352 g/mol. The molecule has 2 heterocycles. The van der Waals surface area contributed by atoms with Crippen molar-refractivity contribution >= 4 is 29.8 Å². The number of imide groups is 3. The second kappa shape index (κ2) is 10.5. The van der Waals surface area contributed by atoms with Crippen LogP contribution in [0.1, 0.15) is 12.8 Å². The van der Waals surface area contributed by atoms with Crippen LogP contribution in [0.5, 0.6) is 0 Å². The molecule has 0 radical (unpaired) electrons. The van der Waals surface area contributed by atoms with Gasteiger partial charge in [0.1, 0.15) is 0 Å². The van der Waals surface area contributed by atoms with Gasteiger partial charge in [0.05, 0.1) is 6.42 Å². The number of hydrogen-bond donors (Lipinski definition) is 2. The third-order valence-corrected chi connectivity index (χ3v) is 1.66. The number of urea groups is 2. The van der Waals surface area contributed by atoms with Gasteiger partial charge in [-0.3, -0.25) is 24.0 Å². The molecule has 2 rings (SSSR count). The summed E-state index contributed by atoms with van der Waals surface area (Å²) in [6.45, 7) is 3.40. The van der Waals surface area contributed by atoms with E-state index < -0.39 is 29.8 Å². The standard InChI is InChI=1S/C5H6N2O2.C4H4N2O3.Cu.2H2O/c1-3-2-4(8)7-5(9)6-3;7-2-1-3(8)6-4(9)5-2;;;/h1-2H2,(H2,6,7,8,9);1H2,(H2,5,6,7,8,9);;2*1H2/q;;+1;;/p-2. The molecule has 0 saturated carbocycles. The van der Waals surface area contributed by atoms with Gasteiger partial charge in [-0.1, -0.05) is 12.3 Å². The molecule has 21 heavy (non-hydrogen) atoms. The molecule has 7 amide bonds. The van der Waals surface area contributed by atoms with E-state index >= 15 is 0 Å². The number of carbonyl (C=O) groups excluding carboxylic acids is 5. The number of nitrogens with zero attached hydrogens (tertiary/aromatic N) is 2. The topological polar surface area (TPSA) is 201 Å². The molecule has 2 saturated heterocycles. The van der Waals surface area contributed by atoms with E-state index in [0.717, 1.165) is 0 Å². The summed E-state index contributed by atoms with van der Waals surface area (Å²) < 4.78 is 0. The molecule has 0 aromatic carbocycles. The summed E-state index contributed by atoms with van der Waals surface area (Å²) in [4.78, 5) is 51.4. The van der Waals surface area contributed by atoms with Crippen molar-refractivity contribution in [3.05, 3.63) is 22.9 Å². The molecule has 0 aromatic rings. The molecule has 0 unspecified atom stereocenters. The van der Waals surface area contributed by atoms with Crippen molar-refractivity contribution in [3.63, 3.8) is 0 Å². The Bertz CT molecular complexity index is 332. The van der Waals surface area contributed by atoms with Crippen LogP contribution in [0.3, 0.4) is 0 Å². The summed E-state index contributed by atoms with van der Waals surface area (Å²) in [5.74, 6) is -1.69. The smallest absolute Gasteiger partial charge is 0.427 e. The predicted octanol–water partition coefficient (Wildman–Crippen LogP) is -1.61. The first-order valence-corrected chi connectivity index (χ1v) is 4.68. The molecule has 2 aliphatic rings. The van der Waals surface area contributed by atoms with Gasteiger partial charge in [0.15, 0.2) is 29.8 Å². The third kappa shape index (κ3) is 9.29. The maximum atomic E-state index is 10.4. The van der Waals surface area contributed by atoms with E-state index in [4.69, 9.17) is 0 Å². The molecule has 0 aromatic heterocycles. The van der Waals surface area contributed by atoms with Crippen LogP contribution < -0.4 is 10.6 Å². The minimum absolute atomic E-state index is 0. The molecule has 11 nitrogen and oxygen atoms in total. The molecule has 6 N–H and O–H groups in total. The van der Waals surface area contributed by atoms with Crippen molar-refractivity contribution in [3.8, 4) is 0 Å². The first kappa shape index (κ1) is 23.8. The molecule has 12 heteroatoms. The van der Waals surface area contributed by atoms with E-state index in [1.165, 1.54) is 0 Å². The molecule has 2 aliphatic heterocycles. The van der Waals surface area contributed by atoms with Crippen molar-refractivity contribution in [1.29, 1.82) is 0 Å². The minimum Gasteiger partial charge on any atom is -0.427 e. The number of carbonyl (C=O) groups is 5. The van der Waals surface area contributed by atoms with E-state index in [1.54, 1.807) is 0 Å². The van der Waals surface area contributed by atoms with Crippen LogP contribution in [-0.4, -0.2) is 40.7 Å². The van der Waals surface area contributed by atoms with E-state index in [0.29, 0.717) is 5.70 Å². The summed E-state index contributed by atoms with van der Waals surface area (Å²) in [6, 6.07) is -1.48. The quantitative estimate of drug-likeness (QED) is 0.389. The maximum Gasteiger partial charge on any atom is 1.00 e. The Hall–Kier alpha value is -2.27. The zero-order valence-corrected chi connectivity index (χ0v) is 11.3. The van der Waals surface area contributed by atoms with Gasteiger partial charge >= 0.3 is 17.1 Å². The number of amides is 7.